The number of aromatic nitrogens is 2. The summed E-state index contributed by atoms with van der Waals surface area (Å²) in [5.41, 5.74) is -1.84. The topological polar surface area (TPSA) is 297 Å². The Morgan fingerprint density at radius 3 is 2.44 bits per heavy atom. The Labute approximate surface area is 228 Å². The Hall–Kier alpha value is -2.41. The van der Waals surface area contributed by atoms with Crippen LogP contribution >= 0.6 is 23.5 Å². The zero-order valence-electron chi connectivity index (χ0n) is 20.7. The van der Waals surface area contributed by atoms with Crippen LogP contribution in [0, 0.1) is 10.1 Å². The molecule has 0 radical (unpaired) electrons. The van der Waals surface area contributed by atoms with Crippen molar-refractivity contribution < 1.29 is 65.9 Å². The smallest absolute Gasteiger partial charge is 0.390 e. The number of nitro groups is 1. The summed E-state index contributed by atoms with van der Waals surface area (Å²) < 4.78 is 57.6. The highest BCUT2D eigenvalue weighted by Crippen LogP contribution is 2.66. The number of para-hydroxylation sites is 1. The number of nitrogens with zero attached hydrogens (tertiary/aromatic N) is 2. The standard InChI is InChI=1S/C18H24N3O17P3/c1-10(12-4-2-3-5-13(12)21(25)26)34-8-11-7-20(18(24)19-17(11)23)16-6-14(22)15(36-16)9-35-40(30,31)38-41(32,33)37-39(27,28)29/h2-5,7,10,14-16,22H,6,8-9H2,1H3,(H,30,31)(H,32,33)(H,19,23,24)(H2,27,28,29)/t10?,14-,15-,16-/m1/s1. The predicted molar refractivity (Wildman–Crippen MR) is 132 cm³/mol. The number of benzene rings is 1. The molecule has 0 saturated carbocycles. The number of H-pyrrole nitrogens is 1. The first kappa shape index (κ1) is 33.1. The largest absolute Gasteiger partial charge is 0.490 e. The van der Waals surface area contributed by atoms with E-state index in [0.717, 1.165) is 10.8 Å². The molecule has 6 N–H and O–H groups in total. The Morgan fingerprint density at radius 2 is 1.80 bits per heavy atom. The van der Waals surface area contributed by atoms with Crippen molar-refractivity contribution in [2.45, 2.75) is 44.5 Å². The van der Waals surface area contributed by atoms with E-state index in [2.05, 4.69) is 13.1 Å². The van der Waals surface area contributed by atoms with E-state index in [1.54, 1.807) is 6.07 Å². The Morgan fingerprint density at radius 1 is 1.15 bits per heavy atom. The molecule has 0 amide bonds. The van der Waals surface area contributed by atoms with Gasteiger partial charge in [-0.3, -0.25) is 29.0 Å². The van der Waals surface area contributed by atoms with Gasteiger partial charge in [0.15, 0.2) is 0 Å². The zero-order chi connectivity index (χ0) is 30.8. The molecule has 1 aromatic carbocycles. The van der Waals surface area contributed by atoms with E-state index in [0.29, 0.717) is 0 Å². The lowest BCUT2D eigenvalue weighted by molar-refractivity contribution is -0.386. The van der Waals surface area contributed by atoms with Crippen molar-refractivity contribution in [1.29, 1.82) is 0 Å². The fourth-order valence-electron chi connectivity index (χ4n) is 3.65. The number of ether oxygens (including phenoxy) is 2. The van der Waals surface area contributed by atoms with Crippen LogP contribution in [0.15, 0.2) is 40.1 Å². The van der Waals surface area contributed by atoms with E-state index in [1.807, 2.05) is 4.98 Å². The predicted octanol–water partition coefficient (Wildman–Crippen LogP) is 0.714. The van der Waals surface area contributed by atoms with E-state index in [9.17, 15) is 48.3 Å². The zero-order valence-corrected chi connectivity index (χ0v) is 23.4. The summed E-state index contributed by atoms with van der Waals surface area (Å²) in [6.45, 7) is 0.154. The molecule has 1 fully saturated rings. The van der Waals surface area contributed by atoms with Gasteiger partial charge in [0.1, 0.15) is 12.3 Å². The molecule has 20 nitrogen and oxygen atoms in total. The van der Waals surface area contributed by atoms with Gasteiger partial charge in [-0.1, -0.05) is 12.1 Å². The van der Waals surface area contributed by atoms with Crippen molar-refractivity contribution in [3.05, 3.63) is 72.5 Å². The Kier molecular flexibility index (Phi) is 10.4. The highest BCUT2D eigenvalue weighted by Gasteiger charge is 2.43. The molecule has 1 aliphatic rings. The van der Waals surface area contributed by atoms with Crippen LogP contribution in [-0.4, -0.2) is 58.0 Å². The molecule has 6 atom stereocenters. The van der Waals surface area contributed by atoms with E-state index in [-0.39, 0.29) is 23.2 Å². The van der Waals surface area contributed by atoms with Crippen molar-refractivity contribution in [2.24, 2.45) is 0 Å². The van der Waals surface area contributed by atoms with E-state index in [1.165, 1.54) is 25.1 Å². The molecule has 41 heavy (non-hydrogen) atoms. The van der Waals surface area contributed by atoms with Crippen molar-refractivity contribution in [1.82, 2.24) is 9.55 Å². The number of aliphatic hydroxyl groups is 1. The van der Waals surface area contributed by atoms with E-state index >= 15 is 0 Å². The van der Waals surface area contributed by atoms with Crippen molar-refractivity contribution in [2.75, 3.05) is 6.61 Å². The van der Waals surface area contributed by atoms with Crippen LogP contribution in [0.25, 0.3) is 0 Å². The third-order valence-electron chi connectivity index (χ3n) is 5.43. The highest BCUT2D eigenvalue weighted by molar-refractivity contribution is 7.66. The van der Waals surface area contributed by atoms with Crippen LogP contribution in [0.1, 0.15) is 36.8 Å². The molecule has 228 valence electrons. The second-order valence-corrected chi connectivity index (χ2v) is 12.8. The highest BCUT2D eigenvalue weighted by atomic mass is 31.3. The van der Waals surface area contributed by atoms with Gasteiger partial charge in [-0.25, -0.2) is 18.5 Å². The molecular weight excluding hydrogens is 623 g/mol. The van der Waals surface area contributed by atoms with Crippen LogP contribution in [0.5, 0.6) is 0 Å². The number of nitro benzene ring substituents is 1. The maximum Gasteiger partial charge on any atom is 0.490 e. The molecule has 2 heterocycles. The summed E-state index contributed by atoms with van der Waals surface area (Å²) in [6, 6.07) is 5.80. The number of phosphoric ester groups is 1. The van der Waals surface area contributed by atoms with Crippen LogP contribution in [0.2, 0.25) is 0 Å². The summed E-state index contributed by atoms with van der Waals surface area (Å²) in [6.07, 6.45) is -4.19. The third kappa shape index (κ3) is 9.29. The lowest BCUT2D eigenvalue weighted by Gasteiger charge is -2.19. The van der Waals surface area contributed by atoms with Gasteiger partial charge >= 0.3 is 29.2 Å². The summed E-state index contributed by atoms with van der Waals surface area (Å²) in [4.78, 5) is 73.4. The van der Waals surface area contributed by atoms with Gasteiger partial charge in [-0.05, 0) is 13.0 Å². The quantitative estimate of drug-likeness (QED) is 0.0991. The monoisotopic (exact) mass is 647 g/mol. The molecule has 3 unspecified atom stereocenters. The number of nitrogens with one attached hydrogen (secondary N) is 1. The average Bonchev–Trinajstić information content (AvgIpc) is 3.19. The number of hydrogen-bond acceptors (Lipinski definition) is 13. The number of hydrogen-bond donors (Lipinski definition) is 6. The Bertz CT molecular complexity index is 1540. The first-order valence-corrected chi connectivity index (χ1v) is 15.7. The van der Waals surface area contributed by atoms with Gasteiger partial charge < -0.3 is 34.2 Å². The molecule has 1 saturated heterocycles. The molecule has 3 rings (SSSR count). The fourth-order valence-corrected chi connectivity index (χ4v) is 6.68. The van der Waals surface area contributed by atoms with Crippen LogP contribution in [0.4, 0.5) is 5.69 Å². The van der Waals surface area contributed by atoms with Crippen molar-refractivity contribution in [3.8, 4) is 0 Å². The second kappa shape index (κ2) is 12.8. The summed E-state index contributed by atoms with van der Waals surface area (Å²) in [5, 5.41) is 21.5. The fraction of sp³-hybridized carbons (Fsp3) is 0.444. The first-order chi connectivity index (χ1) is 18.9. The molecule has 23 heteroatoms. The first-order valence-electron chi connectivity index (χ1n) is 11.2. The number of phosphoric acid groups is 3. The van der Waals surface area contributed by atoms with Crippen molar-refractivity contribution >= 4 is 29.2 Å². The SMILES string of the molecule is CC(OCc1cn([C@H]2C[C@@H](O)[C@@H](COP(=O)(O)OP(=O)(O)OP(=O)(O)O)O2)c(=O)[nH]c1=O)c1ccccc1[N+](=O)[O-]. The minimum Gasteiger partial charge on any atom is -0.390 e. The molecule has 1 aromatic heterocycles. The van der Waals surface area contributed by atoms with E-state index < -0.39 is 77.4 Å². The molecule has 2 aromatic rings. The number of aromatic amines is 1. The number of aliphatic hydroxyl groups excluding tert-OH is 1. The van der Waals surface area contributed by atoms with Gasteiger partial charge in [0.2, 0.25) is 0 Å². The summed E-state index contributed by atoms with van der Waals surface area (Å²) >= 11 is 0. The second-order valence-electron chi connectivity index (χ2n) is 8.41. The maximum absolute atomic E-state index is 12.4. The summed E-state index contributed by atoms with van der Waals surface area (Å²) in [5.74, 6) is 0. The molecular formula is C18H24N3O17P3. The normalized spacial score (nSPS) is 23.0. The molecule has 0 spiro atoms. The van der Waals surface area contributed by atoms with E-state index in [4.69, 9.17) is 19.3 Å². The van der Waals surface area contributed by atoms with Gasteiger partial charge in [0.25, 0.3) is 11.2 Å². The molecule has 0 bridgehead atoms. The third-order valence-corrected chi connectivity index (χ3v) is 9.24. The van der Waals surface area contributed by atoms with Gasteiger partial charge in [-0.2, -0.15) is 8.62 Å². The van der Waals surface area contributed by atoms with Crippen LogP contribution < -0.4 is 11.2 Å². The average molecular weight is 647 g/mol. The Balaban J connectivity index is 1.68. The molecule has 1 aliphatic heterocycles. The van der Waals surface area contributed by atoms with Crippen LogP contribution in [0.3, 0.4) is 0 Å². The van der Waals surface area contributed by atoms with Gasteiger partial charge in [-0.15, -0.1) is 0 Å². The van der Waals surface area contributed by atoms with Gasteiger partial charge in [0, 0.05) is 18.7 Å². The summed E-state index contributed by atoms with van der Waals surface area (Å²) in [7, 11) is -16.8. The van der Waals surface area contributed by atoms with Gasteiger partial charge in [0.05, 0.1) is 41.5 Å². The maximum atomic E-state index is 12.4. The lowest BCUT2D eigenvalue weighted by Crippen LogP contribution is -2.34. The minimum atomic E-state index is -5.76. The van der Waals surface area contributed by atoms with Crippen LogP contribution in [-0.2, 0) is 42.9 Å². The lowest BCUT2D eigenvalue weighted by atomic mass is 10.1. The van der Waals surface area contributed by atoms with Crippen molar-refractivity contribution in [3.63, 3.8) is 0 Å². The minimum absolute atomic E-state index is 0.0927. The number of rotatable bonds is 13. The molecule has 0 aliphatic carbocycles.